The number of benzene rings is 1. The maximum atomic E-state index is 9.59. The van der Waals surface area contributed by atoms with E-state index in [1.54, 1.807) is 11.8 Å². The second-order valence-corrected chi connectivity index (χ2v) is 3.85. The maximum absolute atomic E-state index is 9.59. The Hall–Kier alpha value is -1.92. The van der Waals surface area contributed by atoms with Gasteiger partial charge in [0.25, 0.3) is 0 Å². The first kappa shape index (κ1) is 12.5. The van der Waals surface area contributed by atoms with Crippen LogP contribution in [0, 0.1) is 0 Å². The van der Waals surface area contributed by atoms with Crippen LogP contribution in [0.5, 0.6) is 5.75 Å². The Labute approximate surface area is 105 Å². The smallest absolute Gasteiger partial charge is 0.144 e. The molecule has 0 amide bonds. The lowest BCUT2D eigenvalue weighted by molar-refractivity contribution is 0.180. The van der Waals surface area contributed by atoms with Crippen LogP contribution in [0.2, 0.25) is 0 Å². The van der Waals surface area contributed by atoms with Gasteiger partial charge in [-0.2, -0.15) is 5.10 Å². The van der Waals surface area contributed by atoms with Crippen molar-refractivity contribution in [2.45, 2.75) is 12.5 Å². The lowest BCUT2D eigenvalue weighted by Crippen LogP contribution is -2.24. The molecule has 1 aromatic carbocycles. The minimum atomic E-state index is -0.623. The van der Waals surface area contributed by atoms with E-state index in [4.69, 9.17) is 10.5 Å². The average Bonchev–Trinajstić information content (AvgIpc) is 2.86. The zero-order chi connectivity index (χ0) is 13.0. The Kier molecular flexibility index (Phi) is 3.91. The topological polar surface area (TPSA) is 86.2 Å². The van der Waals surface area contributed by atoms with Crippen LogP contribution in [0.15, 0.2) is 30.6 Å². The first-order chi connectivity index (χ1) is 8.76. The summed E-state index contributed by atoms with van der Waals surface area (Å²) >= 11 is 0. The third kappa shape index (κ3) is 2.49. The molecule has 0 fully saturated rings. The number of aliphatic hydroxyl groups is 1. The van der Waals surface area contributed by atoms with Gasteiger partial charge in [0.1, 0.15) is 23.6 Å². The van der Waals surface area contributed by atoms with Gasteiger partial charge in [0, 0.05) is 13.0 Å². The van der Waals surface area contributed by atoms with Gasteiger partial charge >= 0.3 is 0 Å². The molecule has 18 heavy (non-hydrogen) atoms. The molecule has 0 spiro atoms. The highest BCUT2D eigenvalue weighted by Crippen LogP contribution is 2.22. The molecule has 1 heterocycles. The summed E-state index contributed by atoms with van der Waals surface area (Å²) in [6.07, 6.45) is 1.18. The molecule has 6 heteroatoms. The second kappa shape index (κ2) is 5.61. The number of hydrogen-bond donors (Lipinski definition) is 2. The van der Waals surface area contributed by atoms with Crippen molar-refractivity contribution in [3.05, 3.63) is 36.4 Å². The van der Waals surface area contributed by atoms with Crippen LogP contribution in [0.25, 0.3) is 5.69 Å². The summed E-state index contributed by atoms with van der Waals surface area (Å²) in [5, 5.41) is 13.7. The number of aliphatic hydroxyl groups excluding tert-OH is 1. The molecule has 0 bridgehead atoms. The lowest BCUT2D eigenvalue weighted by Gasteiger charge is -2.11. The van der Waals surface area contributed by atoms with Gasteiger partial charge < -0.3 is 15.6 Å². The molecule has 1 atom stereocenters. The van der Waals surface area contributed by atoms with Crippen molar-refractivity contribution in [1.82, 2.24) is 14.8 Å². The van der Waals surface area contributed by atoms with E-state index in [0.717, 1.165) is 5.69 Å². The van der Waals surface area contributed by atoms with Gasteiger partial charge in [-0.05, 0) is 12.1 Å². The highest BCUT2D eigenvalue weighted by molar-refractivity contribution is 5.46. The van der Waals surface area contributed by atoms with Gasteiger partial charge in [-0.15, -0.1) is 0 Å². The molecule has 3 N–H and O–H groups in total. The summed E-state index contributed by atoms with van der Waals surface area (Å²) in [6.45, 7) is 0.193. The third-order valence-electron chi connectivity index (χ3n) is 2.62. The van der Waals surface area contributed by atoms with Crippen LogP contribution in [0.1, 0.15) is 5.82 Å². The highest BCUT2D eigenvalue weighted by Gasteiger charge is 2.13. The maximum Gasteiger partial charge on any atom is 0.144 e. The molecule has 2 aromatic rings. The van der Waals surface area contributed by atoms with Crippen molar-refractivity contribution in [3.63, 3.8) is 0 Å². The molecule has 2 rings (SSSR count). The predicted molar refractivity (Wildman–Crippen MR) is 66.7 cm³/mol. The number of nitrogens with two attached hydrogens (primary N) is 1. The highest BCUT2D eigenvalue weighted by atomic mass is 16.5. The van der Waals surface area contributed by atoms with Crippen molar-refractivity contribution in [2.75, 3.05) is 13.7 Å². The lowest BCUT2D eigenvalue weighted by atomic mass is 10.2. The Balaban J connectivity index is 2.36. The fourth-order valence-corrected chi connectivity index (χ4v) is 1.70. The SMILES string of the molecule is COc1ccccc1-n1ncnc1CC(O)CN. The summed E-state index contributed by atoms with van der Waals surface area (Å²) in [4.78, 5) is 4.14. The number of nitrogens with zero attached hydrogens (tertiary/aromatic N) is 3. The van der Waals surface area contributed by atoms with Crippen LogP contribution in [0.4, 0.5) is 0 Å². The Morgan fingerprint density at radius 3 is 2.94 bits per heavy atom. The van der Waals surface area contributed by atoms with Gasteiger partial charge in [0.05, 0.1) is 13.2 Å². The van der Waals surface area contributed by atoms with E-state index >= 15 is 0 Å². The number of hydrogen-bond acceptors (Lipinski definition) is 5. The number of rotatable bonds is 5. The summed E-state index contributed by atoms with van der Waals surface area (Å²) < 4.78 is 6.93. The third-order valence-corrected chi connectivity index (χ3v) is 2.62. The largest absolute Gasteiger partial charge is 0.494 e. The monoisotopic (exact) mass is 248 g/mol. The van der Waals surface area contributed by atoms with Crippen molar-refractivity contribution >= 4 is 0 Å². The van der Waals surface area contributed by atoms with Crippen LogP contribution >= 0.6 is 0 Å². The zero-order valence-corrected chi connectivity index (χ0v) is 10.2. The zero-order valence-electron chi connectivity index (χ0n) is 10.2. The van der Waals surface area contributed by atoms with Crippen LogP contribution < -0.4 is 10.5 Å². The summed E-state index contributed by atoms with van der Waals surface area (Å²) in [5.74, 6) is 1.35. The number of methoxy groups -OCH3 is 1. The first-order valence-electron chi connectivity index (χ1n) is 5.66. The molecular weight excluding hydrogens is 232 g/mol. The van der Waals surface area contributed by atoms with Gasteiger partial charge in [0.2, 0.25) is 0 Å². The normalized spacial score (nSPS) is 12.4. The Morgan fingerprint density at radius 2 is 2.22 bits per heavy atom. The molecule has 96 valence electrons. The van der Waals surface area contributed by atoms with E-state index in [9.17, 15) is 5.11 Å². The summed E-state index contributed by atoms with van der Waals surface area (Å²) in [5.41, 5.74) is 6.19. The Morgan fingerprint density at radius 1 is 1.44 bits per heavy atom. The molecule has 0 aliphatic rings. The summed E-state index contributed by atoms with van der Waals surface area (Å²) in [6, 6.07) is 7.50. The van der Waals surface area contributed by atoms with E-state index in [1.165, 1.54) is 6.33 Å². The van der Waals surface area contributed by atoms with Gasteiger partial charge in [-0.3, -0.25) is 0 Å². The predicted octanol–water partition coefficient (Wildman–Crippen LogP) is 0.138. The van der Waals surface area contributed by atoms with Crippen LogP contribution in [-0.2, 0) is 6.42 Å². The quantitative estimate of drug-likeness (QED) is 0.786. The van der Waals surface area contributed by atoms with E-state index in [-0.39, 0.29) is 6.54 Å². The molecule has 1 aromatic heterocycles. The van der Waals surface area contributed by atoms with Gasteiger partial charge in [-0.1, -0.05) is 12.1 Å². The minimum Gasteiger partial charge on any atom is -0.494 e. The van der Waals surface area contributed by atoms with Gasteiger partial charge in [0.15, 0.2) is 0 Å². The van der Waals surface area contributed by atoms with Crippen LogP contribution in [-0.4, -0.2) is 39.6 Å². The number of aromatic nitrogens is 3. The van der Waals surface area contributed by atoms with Crippen molar-refractivity contribution in [3.8, 4) is 11.4 Å². The van der Waals surface area contributed by atoms with E-state index in [2.05, 4.69) is 10.1 Å². The molecular formula is C12H16N4O2. The van der Waals surface area contributed by atoms with E-state index in [0.29, 0.717) is 18.0 Å². The molecule has 6 nitrogen and oxygen atoms in total. The molecule has 0 saturated heterocycles. The summed E-state index contributed by atoms with van der Waals surface area (Å²) in [7, 11) is 1.60. The van der Waals surface area contributed by atoms with Crippen molar-refractivity contribution in [2.24, 2.45) is 5.73 Å². The standard InChI is InChI=1S/C12H16N4O2/c1-18-11-5-3-2-4-10(11)16-12(14-8-15-16)6-9(17)7-13/h2-5,8-9,17H,6-7,13H2,1H3. The van der Waals surface area contributed by atoms with Gasteiger partial charge in [-0.25, -0.2) is 9.67 Å². The second-order valence-electron chi connectivity index (χ2n) is 3.85. The molecule has 0 radical (unpaired) electrons. The first-order valence-corrected chi connectivity index (χ1v) is 5.66. The van der Waals surface area contributed by atoms with Crippen LogP contribution in [0.3, 0.4) is 0 Å². The van der Waals surface area contributed by atoms with Crippen molar-refractivity contribution in [1.29, 1.82) is 0 Å². The fraction of sp³-hybridized carbons (Fsp3) is 0.333. The number of para-hydroxylation sites is 2. The van der Waals surface area contributed by atoms with E-state index in [1.807, 2.05) is 24.3 Å². The minimum absolute atomic E-state index is 0.193. The number of ether oxygens (including phenoxy) is 1. The molecule has 1 unspecified atom stereocenters. The molecule has 0 aliphatic carbocycles. The average molecular weight is 248 g/mol. The molecule has 0 saturated carbocycles. The van der Waals surface area contributed by atoms with Crippen molar-refractivity contribution < 1.29 is 9.84 Å². The Bertz CT molecular complexity index is 512. The fourth-order valence-electron chi connectivity index (χ4n) is 1.70. The molecule has 0 aliphatic heterocycles. The van der Waals surface area contributed by atoms with E-state index < -0.39 is 6.10 Å².